The molecule has 0 amide bonds. The van der Waals surface area contributed by atoms with Gasteiger partial charge in [-0.05, 0) is 26.0 Å². The molecule has 1 aliphatic heterocycles. The molecule has 1 unspecified atom stereocenters. The molecule has 2 atom stereocenters. The Balaban J connectivity index is 2.28. The van der Waals surface area contributed by atoms with Crippen LogP contribution in [0.3, 0.4) is 0 Å². The van der Waals surface area contributed by atoms with Crippen molar-refractivity contribution in [2.45, 2.75) is 31.9 Å². The smallest absolute Gasteiger partial charge is 0.354 e. The lowest BCUT2D eigenvalue weighted by molar-refractivity contribution is -0.168. The summed E-state index contributed by atoms with van der Waals surface area (Å²) in [5.41, 5.74) is 4.66. The Morgan fingerprint density at radius 2 is 2.16 bits per heavy atom. The van der Waals surface area contributed by atoms with Crippen LogP contribution in [0.2, 0.25) is 0 Å². The van der Waals surface area contributed by atoms with Crippen LogP contribution in [0.1, 0.15) is 20.3 Å². The Morgan fingerprint density at radius 1 is 1.47 bits per heavy atom. The van der Waals surface area contributed by atoms with Crippen LogP contribution in [0.15, 0.2) is 24.3 Å². The molecule has 0 aromatic heterocycles. The molecule has 0 spiro atoms. The standard InChI is InChI=1S/C14H19NO4/c1-3-17-13(16)14(8-10(2)15)9-18-11-6-4-5-7-12(11)19-14/h4-7,10H,3,8-9,15H2,1-2H3/t10?,14-/m1/s1. The average Bonchev–Trinajstić information content (AvgIpc) is 2.38. The minimum atomic E-state index is -1.15. The van der Waals surface area contributed by atoms with E-state index in [2.05, 4.69) is 0 Å². The first-order valence-corrected chi connectivity index (χ1v) is 6.41. The van der Waals surface area contributed by atoms with Gasteiger partial charge in [-0.25, -0.2) is 4.79 Å². The van der Waals surface area contributed by atoms with Crippen molar-refractivity contribution in [3.8, 4) is 11.5 Å². The third-order valence-electron chi connectivity index (χ3n) is 2.91. The number of rotatable bonds is 4. The molecule has 0 bridgehead atoms. The minimum Gasteiger partial charge on any atom is -0.485 e. The van der Waals surface area contributed by atoms with E-state index in [-0.39, 0.29) is 12.6 Å². The first-order chi connectivity index (χ1) is 9.07. The van der Waals surface area contributed by atoms with E-state index in [4.69, 9.17) is 19.9 Å². The molecule has 19 heavy (non-hydrogen) atoms. The van der Waals surface area contributed by atoms with Crippen molar-refractivity contribution in [1.29, 1.82) is 0 Å². The maximum Gasteiger partial charge on any atom is 0.354 e. The number of hydrogen-bond acceptors (Lipinski definition) is 5. The molecule has 1 aromatic carbocycles. The van der Waals surface area contributed by atoms with Crippen molar-refractivity contribution in [3.05, 3.63) is 24.3 Å². The van der Waals surface area contributed by atoms with Crippen molar-refractivity contribution in [2.24, 2.45) is 5.73 Å². The molecule has 0 aliphatic carbocycles. The number of nitrogens with two attached hydrogens (primary N) is 1. The predicted octanol–water partition coefficient (Wildman–Crippen LogP) is 1.50. The highest BCUT2D eigenvalue weighted by molar-refractivity contribution is 5.81. The summed E-state index contributed by atoms with van der Waals surface area (Å²) in [4.78, 5) is 12.2. The van der Waals surface area contributed by atoms with Crippen molar-refractivity contribution in [3.63, 3.8) is 0 Å². The topological polar surface area (TPSA) is 70.8 Å². The fraction of sp³-hybridized carbons (Fsp3) is 0.500. The van der Waals surface area contributed by atoms with Crippen LogP contribution in [-0.2, 0) is 9.53 Å². The zero-order valence-corrected chi connectivity index (χ0v) is 11.2. The summed E-state index contributed by atoms with van der Waals surface area (Å²) in [5, 5.41) is 0. The fourth-order valence-electron chi connectivity index (χ4n) is 2.16. The first-order valence-electron chi connectivity index (χ1n) is 6.41. The third-order valence-corrected chi connectivity index (χ3v) is 2.91. The first kappa shape index (κ1) is 13.7. The fourth-order valence-corrected chi connectivity index (χ4v) is 2.16. The lowest BCUT2D eigenvalue weighted by Gasteiger charge is -2.37. The number of carbonyl (C=O) groups excluding carboxylic acids is 1. The second kappa shape index (κ2) is 5.48. The summed E-state index contributed by atoms with van der Waals surface area (Å²) in [5.74, 6) is 0.747. The van der Waals surface area contributed by atoms with Crippen molar-refractivity contribution < 1.29 is 19.0 Å². The van der Waals surface area contributed by atoms with Crippen LogP contribution < -0.4 is 15.2 Å². The van der Waals surface area contributed by atoms with Gasteiger partial charge in [-0.2, -0.15) is 0 Å². The second-order valence-corrected chi connectivity index (χ2v) is 4.73. The van der Waals surface area contributed by atoms with Crippen molar-refractivity contribution in [1.82, 2.24) is 0 Å². The molecule has 0 saturated heterocycles. The van der Waals surface area contributed by atoms with E-state index in [1.807, 2.05) is 19.1 Å². The summed E-state index contributed by atoms with van der Waals surface area (Å²) in [6, 6.07) is 7.05. The van der Waals surface area contributed by atoms with Crippen LogP contribution in [0, 0.1) is 0 Å². The number of esters is 1. The maximum absolute atomic E-state index is 12.2. The highest BCUT2D eigenvalue weighted by Crippen LogP contribution is 2.37. The highest BCUT2D eigenvalue weighted by Gasteiger charge is 2.47. The normalized spacial score (nSPS) is 22.7. The molecule has 1 heterocycles. The molecule has 0 saturated carbocycles. The monoisotopic (exact) mass is 265 g/mol. The Hall–Kier alpha value is -1.75. The van der Waals surface area contributed by atoms with E-state index in [9.17, 15) is 4.79 Å². The largest absolute Gasteiger partial charge is 0.485 e. The van der Waals surface area contributed by atoms with Gasteiger partial charge in [-0.1, -0.05) is 12.1 Å². The lowest BCUT2D eigenvalue weighted by Crippen LogP contribution is -2.55. The Labute approximate surface area is 112 Å². The highest BCUT2D eigenvalue weighted by atomic mass is 16.6. The van der Waals surface area contributed by atoms with Crippen LogP contribution in [0.4, 0.5) is 0 Å². The minimum absolute atomic E-state index is 0.115. The number of benzene rings is 1. The molecule has 5 nitrogen and oxygen atoms in total. The molecule has 1 aliphatic rings. The van der Waals surface area contributed by atoms with Crippen LogP contribution in [0.25, 0.3) is 0 Å². The second-order valence-electron chi connectivity index (χ2n) is 4.73. The van der Waals surface area contributed by atoms with E-state index < -0.39 is 11.6 Å². The van der Waals surface area contributed by atoms with Gasteiger partial charge in [0.05, 0.1) is 6.61 Å². The van der Waals surface area contributed by atoms with Crippen molar-refractivity contribution in [2.75, 3.05) is 13.2 Å². The number of fused-ring (bicyclic) bond motifs is 1. The number of para-hydroxylation sites is 2. The molecule has 104 valence electrons. The van der Waals surface area contributed by atoms with Crippen LogP contribution in [-0.4, -0.2) is 30.8 Å². The Morgan fingerprint density at radius 3 is 2.79 bits per heavy atom. The quantitative estimate of drug-likeness (QED) is 0.835. The molecule has 2 rings (SSSR count). The summed E-state index contributed by atoms with van der Waals surface area (Å²) in [7, 11) is 0. The molecule has 0 fully saturated rings. The average molecular weight is 265 g/mol. The zero-order chi connectivity index (χ0) is 13.9. The van der Waals surface area contributed by atoms with Gasteiger partial charge in [0.1, 0.15) is 6.61 Å². The van der Waals surface area contributed by atoms with E-state index >= 15 is 0 Å². The number of ether oxygens (including phenoxy) is 3. The van der Waals surface area contributed by atoms with Gasteiger partial charge in [0, 0.05) is 12.5 Å². The van der Waals surface area contributed by atoms with Gasteiger partial charge in [-0.15, -0.1) is 0 Å². The molecule has 2 N–H and O–H groups in total. The van der Waals surface area contributed by atoms with E-state index in [1.54, 1.807) is 19.1 Å². The zero-order valence-electron chi connectivity index (χ0n) is 11.2. The van der Waals surface area contributed by atoms with Gasteiger partial charge in [-0.3, -0.25) is 0 Å². The Bertz CT molecular complexity index is 461. The van der Waals surface area contributed by atoms with Crippen molar-refractivity contribution >= 4 is 5.97 Å². The number of hydrogen-bond donors (Lipinski definition) is 1. The van der Waals surface area contributed by atoms with Gasteiger partial charge in [0.15, 0.2) is 11.5 Å². The van der Waals surface area contributed by atoms with Gasteiger partial charge >= 0.3 is 5.97 Å². The molecule has 0 radical (unpaired) electrons. The molecule has 1 aromatic rings. The molecule has 5 heteroatoms. The van der Waals surface area contributed by atoms with E-state index in [1.165, 1.54) is 0 Å². The molecular weight excluding hydrogens is 246 g/mol. The van der Waals surface area contributed by atoms with Crippen LogP contribution >= 0.6 is 0 Å². The summed E-state index contributed by atoms with van der Waals surface area (Å²) in [6.45, 7) is 3.99. The van der Waals surface area contributed by atoms with E-state index in [0.717, 1.165) is 0 Å². The van der Waals surface area contributed by atoms with Gasteiger partial charge in [0.2, 0.25) is 5.60 Å². The number of carbonyl (C=O) groups is 1. The Kier molecular flexibility index (Phi) is 3.95. The summed E-state index contributed by atoms with van der Waals surface area (Å²) >= 11 is 0. The molecular formula is C14H19NO4. The van der Waals surface area contributed by atoms with Crippen LogP contribution in [0.5, 0.6) is 11.5 Å². The lowest BCUT2D eigenvalue weighted by atomic mass is 9.95. The predicted molar refractivity (Wildman–Crippen MR) is 70.2 cm³/mol. The third kappa shape index (κ3) is 2.81. The van der Waals surface area contributed by atoms with Gasteiger partial charge < -0.3 is 19.9 Å². The summed E-state index contributed by atoms with van der Waals surface area (Å²) in [6.07, 6.45) is 0.347. The van der Waals surface area contributed by atoms with E-state index in [0.29, 0.717) is 24.5 Å². The summed E-state index contributed by atoms with van der Waals surface area (Å²) < 4.78 is 16.6. The van der Waals surface area contributed by atoms with Gasteiger partial charge in [0.25, 0.3) is 0 Å². The SMILES string of the molecule is CCOC(=O)[C@@]1(CC(C)N)COc2ccccc2O1. The maximum atomic E-state index is 12.2.